The molecule has 0 aromatic carbocycles. The fourth-order valence-corrected chi connectivity index (χ4v) is 2.70. The first-order chi connectivity index (χ1) is 10.8. The highest BCUT2D eigenvalue weighted by Crippen LogP contribution is 2.23. The summed E-state index contributed by atoms with van der Waals surface area (Å²) >= 11 is 0. The molecule has 1 atom stereocenters. The molecular formula is C16H21N3O3. The number of aromatic nitrogens is 2. The Morgan fingerprint density at radius 2 is 2.18 bits per heavy atom. The molecule has 2 aromatic heterocycles. The predicted molar refractivity (Wildman–Crippen MR) is 81.7 cm³/mol. The minimum atomic E-state index is -0.353. The van der Waals surface area contributed by atoms with Crippen molar-refractivity contribution in [2.75, 3.05) is 11.9 Å². The maximum absolute atomic E-state index is 9.49. The maximum Gasteiger partial charge on any atom is 0.234 e. The van der Waals surface area contributed by atoms with Crippen molar-refractivity contribution in [3.8, 4) is 5.88 Å². The standard InChI is InChI=1S/C16H21N3O3/c20-11-13(14-7-4-8-21-14)18-15-9-17-10-16(19-15)22-12-5-2-1-3-6-12/h4,7-10,12-13,20H,1-3,5-6,11H2,(H,18,19). The van der Waals surface area contributed by atoms with Gasteiger partial charge in [-0.15, -0.1) is 0 Å². The molecule has 0 aliphatic heterocycles. The van der Waals surface area contributed by atoms with Crippen molar-refractivity contribution in [2.45, 2.75) is 44.2 Å². The Bertz CT molecular complexity index is 568. The smallest absolute Gasteiger partial charge is 0.234 e. The van der Waals surface area contributed by atoms with E-state index in [-0.39, 0.29) is 18.8 Å². The van der Waals surface area contributed by atoms with Gasteiger partial charge in [0, 0.05) is 0 Å². The number of aliphatic hydroxyl groups excluding tert-OH is 1. The van der Waals surface area contributed by atoms with E-state index in [2.05, 4.69) is 15.3 Å². The third-order valence-electron chi connectivity index (χ3n) is 3.84. The zero-order valence-electron chi connectivity index (χ0n) is 12.4. The van der Waals surface area contributed by atoms with Gasteiger partial charge in [-0.3, -0.25) is 4.98 Å². The molecule has 2 N–H and O–H groups in total. The van der Waals surface area contributed by atoms with Crippen molar-refractivity contribution >= 4 is 5.82 Å². The van der Waals surface area contributed by atoms with Crippen LogP contribution in [0.5, 0.6) is 5.88 Å². The number of furan rings is 1. The average Bonchev–Trinajstić information content (AvgIpc) is 3.08. The highest BCUT2D eigenvalue weighted by Gasteiger charge is 2.17. The first-order valence-corrected chi connectivity index (χ1v) is 7.74. The monoisotopic (exact) mass is 303 g/mol. The summed E-state index contributed by atoms with van der Waals surface area (Å²) in [6, 6.07) is 3.24. The molecule has 1 fully saturated rings. The van der Waals surface area contributed by atoms with E-state index in [1.807, 2.05) is 6.07 Å². The molecule has 22 heavy (non-hydrogen) atoms. The van der Waals surface area contributed by atoms with Gasteiger partial charge in [-0.05, 0) is 37.8 Å². The summed E-state index contributed by atoms with van der Waals surface area (Å²) in [4.78, 5) is 8.57. The molecule has 6 heteroatoms. The van der Waals surface area contributed by atoms with Crippen LogP contribution in [0.25, 0.3) is 0 Å². The van der Waals surface area contributed by atoms with Gasteiger partial charge < -0.3 is 19.6 Å². The molecule has 0 saturated heterocycles. The number of aliphatic hydroxyl groups is 1. The van der Waals surface area contributed by atoms with Crippen LogP contribution in [0.3, 0.4) is 0 Å². The Kier molecular flexibility index (Phi) is 4.90. The number of hydrogen-bond donors (Lipinski definition) is 2. The van der Waals surface area contributed by atoms with Crippen LogP contribution in [0, 0.1) is 0 Å². The van der Waals surface area contributed by atoms with E-state index in [9.17, 15) is 5.11 Å². The van der Waals surface area contributed by atoms with Crippen molar-refractivity contribution in [1.82, 2.24) is 9.97 Å². The highest BCUT2D eigenvalue weighted by molar-refractivity contribution is 5.36. The summed E-state index contributed by atoms with van der Waals surface area (Å²) in [6.45, 7) is -0.0943. The molecule has 6 nitrogen and oxygen atoms in total. The summed E-state index contributed by atoms with van der Waals surface area (Å²) in [5, 5.41) is 12.6. The predicted octanol–water partition coefficient (Wildman–Crippen LogP) is 2.93. The van der Waals surface area contributed by atoms with Gasteiger partial charge in [0.25, 0.3) is 0 Å². The van der Waals surface area contributed by atoms with Crippen LogP contribution in [0.2, 0.25) is 0 Å². The molecule has 118 valence electrons. The topological polar surface area (TPSA) is 80.4 Å². The molecule has 1 saturated carbocycles. The van der Waals surface area contributed by atoms with Crippen molar-refractivity contribution in [2.24, 2.45) is 0 Å². The Morgan fingerprint density at radius 1 is 1.32 bits per heavy atom. The molecule has 1 aliphatic carbocycles. The van der Waals surface area contributed by atoms with Gasteiger partial charge in [0.2, 0.25) is 5.88 Å². The van der Waals surface area contributed by atoms with Crippen LogP contribution in [0.15, 0.2) is 35.2 Å². The second-order valence-electron chi connectivity index (χ2n) is 5.52. The Hall–Kier alpha value is -2.08. The van der Waals surface area contributed by atoms with Crippen LogP contribution in [-0.4, -0.2) is 27.8 Å². The first kappa shape index (κ1) is 14.8. The van der Waals surface area contributed by atoms with E-state index in [0.29, 0.717) is 17.5 Å². The van der Waals surface area contributed by atoms with Gasteiger partial charge in [0.15, 0.2) is 0 Å². The molecular weight excluding hydrogens is 282 g/mol. The number of rotatable bonds is 6. The largest absolute Gasteiger partial charge is 0.473 e. The van der Waals surface area contributed by atoms with Crippen molar-refractivity contribution < 1.29 is 14.3 Å². The SMILES string of the molecule is OCC(Nc1cncc(OC2CCCCC2)n1)c1ccco1. The quantitative estimate of drug-likeness (QED) is 0.854. The maximum atomic E-state index is 9.49. The average molecular weight is 303 g/mol. The normalized spacial score (nSPS) is 17.1. The number of ether oxygens (including phenoxy) is 1. The third kappa shape index (κ3) is 3.76. The van der Waals surface area contributed by atoms with Crippen LogP contribution >= 0.6 is 0 Å². The zero-order chi connectivity index (χ0) is 15.2. The van der Waals surface area contributed by atoms with Gasteiger partial charge >= 0.3 is 0 Å². The van der Waals surface area contributed by atoms with E-state index in [4.69, 9.17) is 9.15 Å². The van der Waals surface area contributed by atoms with Gasteiger partial charge in [0.1, 0.15) is 23.7 Å². The summed E-state index contributed by atoms with van der Waals surface area (Å²) in [7, 11) is 0. The molecule has 0 radical (unpaired) electrons. The molecule has 0 amide bonds. The zero-order valence-corrected chi connectivity index (χ0v) is 12.4. The van der Waals surface area contributed by atoms with Gasteiger partial charge in [0.05, 0.1) is 25.3 Å². The summed E-state index contributed by atoms with van der Waals surface area (Å²) < 4.78 is 11.2. The molecule has 1 aliphatic rings. The van der Waals surface area contributed by atoms with E-state index < -0.39 is 0 Å². The summed E-state index contributed by atoms with van der Waals surface area (Å²) in [5.74, 6) is 1.74. The summed E-state index contributed by atoms with van der Waals surface area (Å²) in [5.41, 5.74) is 0. The van der Waals surface area contributed by atoms with Crippen LogP contribution < -0.4 is 10.1 Å². The number of hydrogen-bond acceptors (Lipinski definition) is 6. The van der Waals surface area contributed by atoms with E-state index >= 15 is 0 Å². The van der Waals surface area contributed by atoms with Crippen molar-refractivity contribution in [1.29, 1.82) is 0 Å². The second-order valence-corrected chi connectivity index (χ2v) is 5.52. The van der Waals surface area contributed by atoms with E-state index in [1.165, 1.54) is 19.3 Å². The minimum absolute atomic E-state index is 0.0943. The number of nitrogens with one attached hydrogen (secondary N) is 1. The third-order valence-corrected chi connectivity index (χ3v) is 3.84. The molecule has 0 bridgehead atoms. The first-order valence-electron chi connectivity index (χ1n) is 7.74. The van der Waals surface area contributed by atoms with Gasteiger partial charge in [-0.2, -0.15) is 4.98 Å². The van der Waals surface area contributed by atoms with Crippen LogP contribution in [-0.2, 0) is 0 Å². The minimum Gasteiger partial charge on any atom is -0.473 e. The summed E-state index contributed by atoms with van der Waals surface area (Å²) in [6.07, 6.45) is 10.9. The molecule has 2 heterocycles. The van der Waals surface area contributed by atoms with Crippen LogP contribution in [0.1, 0.15) is 43.9 Å². The lowest BCUT2D eigenvalue weighted by Gasteiger charge is -2.22. The molecule has 2 aromatic rings. The van der Waals surface area contributed by atoms with Crippen molar-refractivity contribution in [3.63, 3.8) is 0 Å². The second kappa shape index (κ2) is 7.26. The Labute approximate surface area is 129 Å². The lowest BCUT2D eigenvalue weighted by molar-refractivity contribution is 0.148. The molecule has 3 rings (SSSR count). The number of nitrogens with zero attached hydrogens (tertiary/aromatic N) is 2. The fourth-order valence-electron chi connectivity index (χ4n) is 2.70. The molecule has 0 spiro atoms. The number of anilines is 1. The van der Waals surface area contributed by atoms with E-state index in [1.54, 1.807) is 24.7 Å². The van der Waals surface area contributed by atoms with Gasteiger partial charge in [-0.25, -0.2) is 0 Å². The lowest BCUT2D eigenvalue weighted by Crippen LogP contribution is -2.21. The van der Waals surface area contributed by atoms with Crippen LogP contribution in [0.4, 0.5) is 5.82 Å². The van der Waals surface area contributed by atoms with Gasteiger partial charge in [-0.1, -0.05) is 6.42 Å². The highest BCUT2D eigenvalue weighted by atomic mass is 16.5. The molecule has 1 unspecified atom stereocenters. The fraction of sp³-hybridized carbons (Fsp3) is 0.500. The van der Waals surface area contributed by atoms with E-state index in [0.717, 1.165) is 12.8 Å². The lowest BCUT2D eigenvalue weighted by atomic mass is 9.98. The van der Waals surface area contributed by atoms with Crippen molar-refractivity contribution in [3.05, 3.63) is 36.5 Å². The Balaban J connectivity index is 1.65. The Morgan fingerprint density at radius 3 is 2.91 bits per heavy atom.